The molecule has 8 heterocycles. The molecule has 0 bridgehead atoms. The van der Waals surface area contributed by atoms with Gasteiger partial charge in [-0.3, -0.25) is 19.8 Å². The number of nitro benzene ring substituents is 1. The maximum atomic E-state index is 14.7. The third-order valence-electron chi connectivity index (χ3n) is 13.0. The van der Waals surface area contributed by atoms with Crippen molar-refractivity contribution in [3.63, 3.8) is 0 Å². The largest absolute Gasteiger partial charge is 0.364 e. The number of piperidine rings is 2. The summed E-state index contributed by atoms with van der Waals surface area (Å²) in [5, 5.41) is 30.3. The fourth-order valence-electron chi connectivity index (χ4n) is 9.77. The standard InChI is InChI=1S/C43H42FN11O3/c44-37-20-35(55(56)57)8-9-36(37)28-11-16-51(17-12-28)33-4-6-34(7-5-33)53-25-32(24-48-53)38-26-54-41(31(21-45)23-49-54)40(50-38)29-3-10-39(47-22-29)52-18-13-43(14-19-52)42-30(27-58-43)2-1-15-46-42/h1-3,8-10,15,20,22-26,28,33-34H,4-7,11-14,16-19,27H2. The fraction of sp³-hybridized carbons (Fsp3) is 0.395. The van der Waals surface area contributed by atoms with Crippen LogP contribution >= 0.6 is 0 Å². The van der Waals surface area contributed by atoms with Gasteiger partial charge in [-0.15, -0.1) is 0 Å². The van der Waals surface area contributed by atoms with Gasteiger partial charge in [-0.25, -0.2) is 18.9 Å². The molecule has 1 spiro atoms. The first kappa shape index (κ1) is 36.2. The summed E-state index contributed by atoms with van der Waals surface area (Å²) in [6.07, 6.45) is 18.5. The van der Waals surface area contributed by atoms with Gasteiger partial charge in [0.25, 0.3) is 5.69 Å². The highest BCUT2D eigenvalue weighted by Crippen LogP contribution is 2.44. The number of benzene rings is 1. The van der Waals surface area contributed by atoms with Crippen molar-refractivity contribution in [2.45, 2.75) is 81.6 Å². The second-order valence-corrected chi connectivity index (χ2v) is 16.1. The lowest BCUT2D eigenvalue weighted by Crippen LogP contribution is -2.43. The molecule has 0 N–H and O–H groups in total. The van der Waals surface area contributed by atoms with E-state index in [2.05, 4.69) is 42.9 Å². The molecule has 14 nitrogen and oxygen atoms in total. The lowest BCUT2D eigenvalue weighted by Gasteiger charge is -2.41. The Kier molecular flexibility index (Phi) is 9.17. The summed E-state index contributed by atoms with van der Waals surface area (Å²) in [5.41, 5.74) is 6.40. The molecule has 6 aromatic rings. The van der Waals surface area contributed by atoms with Crippen LogP contribution in [0.25, 0.3) is 28.0 Å². The van der Waals surface area contributed by atoms with Gasteiger partial charge < -0.3 is 14.5 Å². The van der Waals surface area contributed by atoms with E-state index < -0.39 is 10.7 Å². The van der Waals surface area contributed by atoms with E-state index in [4.69, 9.17) is 19.8 Å². The van der Waals surface area contributed by atoms with E-state index in [0.717, 1.165) is 106 Å². The molecule has 1 saturated carbocycles. The topological polar surface area (TPSA) is 156 Å². The van der Waals surface area contributed by atoms with Gasteiger partial charge in [0, 0.05) is 60.5 Å². The number of non-ortho nitro benzene ring substituents is 1. The zero-order valence-corrected chi connectivity index (χ0v) is 32.0. The quantitative estimate of drug-likeness (QED) is 0.118. The molecule has 0 amide bonds. The molecule has 3 aliphatic heterocycles. The predicted molar refractivity (Wildman–Crippen MR) is 212 cm³/mol. The molecule has 0 atom stereocenters. The van der Waals surface area contributed by atoms with Crippen LogP contribution in [-0.4, -0.2) is 76.4 Å². The Morgan fingerprint density at radius 3 is 2.45 bits per heavy atom. The van der Waals surface area contributed by atoms with Crippen LogP contribution in [0, 0.1) is 27.3 Å². The lowest BCUT2D eigenvalue weighted by molar-refractivity contribution is -0.385. The number of fused-ring (bicyclic) bond motifs is 3. The average molecular weight is 780 g/mol. The Morgan fingerprint density at radius 2 is 1.71 bits per heavy atom. The van der Waals surface area contributed by atoms with Crippen LogP contribution in [-0.2, 0) is 16.9 Å². The average Bonchev–Trinajstić information content (AvgIpc) is 4.02. The molecule has 294 valence electrons. The first-order chi connectivity index (χ1) is 28.4. The van der Waals surface area contributed by atoms with E-state index in [9.17, 15) is 19.8 Å². The van der Waals surface area contributed by atoms with Crippen molar-refractivity contribution >= 4 is 17.0 Å². The highest BCUT2D eigenvalue weighted by atomic mass is 19.1. The molecule has 2 saturated heterocycles. The second kappa shape index (κ2) is 14.7. The summed E-state index contributed by atoms with van der Waals surface area (Å²) >= 11 is 0. The van der Waals surface area contributed by atoms with Crippen LogP contribution in [0.5, 0.6) is 0 Å². The number of halogens is 1. The summed E-state index contributed by atoms with van der Waals surface area (Å²) < 4.78 is 24.8. The molecular weight excluding hydrogens is 738 g/mol. The third-order valence-corrected chi connectivity index (χ3v) is 13.0. The summed E-state index contributed by atoms with van der Waals surface area (Å²) in [6, 6.07) is 15.2. The number of nitriles is 1. The monoisotopic (exact) mass is 779 g/mol. The van der Waals surface area contributed by atoms with E-state index in [1.54, 1.807) is 16.8 Å². The Labute approximate surface area is 334 Å². The van der Waals surface area contributed by atoms with E-state index >= 15 is 0 Å². The number of ether oxygens (including phenoxy) is 1. The van der Waals surface area contributed by atoms with Gasteiger partial charge in [-0.05, 0) is 100 Å². The smallest absolute Gasteiger partial charge is 0.272 e. The molecule has 3 fully saturated rings. The van der Waals surface area contributed by atoms with Crippen LogP contribution < -0.4 is 4.90 Å². The Hall–Kier alpha value is -6.11. The highest BCUT2D eigenvalue weighted by molar-refractivity contribution is 5.83. The van der Waals surface area contributed by atoms with Gasteiger partial charge in [0.1, 0.15) is 34.4 Å². The Morgan fingerprint density at radius 1 is 0.897 bits per heavy atom. The summed E-state index contributed by atoms with van der Waals surface area (Å²) in [5.74, 6) is 0.482. The number of aromatic nitrogens is 7. The first-order valence-electron chi connectivity index (χ1n) is 20.2. The Bertz CT molecular complexity index is 2540. The first-order valence-corrected chi connectivity index (χ1v) is 20.2. The van der Waals surface area contributed by atoms with Gasteiger partial charge in [0.05, 0.1) is 59.3 Å². The van der Waals surface area contributed by atoms with Crippen LogP contribution in [0.1, 0.15) is 85.7 Å². The third kappa shape index (κ3) is 6.46. The maximum Gasteiger partial charge on any atom is 0.272 e. The molecular formula is C43H42FN11O3. The maximum absolute atomic E-state index is 14.7. The van der Waals surface area contributed by atoms with Crippen LogP contribution in [0.15, 0.2) is 79.6 Å². The van der Waals surface area contributed by atoms with Crippen molar-refractivity contribution in [2.24, 2.45) is 0 Å². The minimum atomic E-state index is -0.554. The minimum absolute atomic E-state index is 0.0747. The zero-order valence-electron chi connectivity index (χ0n) is 32.0. The summed E-state index contributed by atoms with van der Waals surface area (Å²) in [7, 11) is 0. The zero-order chi connectivity index (χ0) is 39.4. The highest BCUT2D eigenvalue weighted by Gasteiger charge is 2.44. The SMILES string of the molecule is N#Cc1cnn2cc(-c3cnn(C4CCC(N5CCC(c6ccc([N+](=O)[O-])cc6F)CC5)CC4)c3)nc(-c3ccc(N4CCC5(CC4)OCc4cccnc45)nc3)c12. The van der Waals surface area contributed by atoms with Gasteiger partial charge >= 0.3 is 0 Å². The van der Waals surface area contributed by atoms with Crippen molar-refractivity contribution < 1.29 is 14.1 Å². The lowest BCUT2D eigenvalue weighted by atomic mass is 9.85. The van der Waals surface area contributed by atoms with E-state index in [1.165, 1.54) is 11.6 Å². The Balaban J connectivity index is 0.804. The molecule has 5 aromatic heterocycles. The molecule has 1 aliphatic carbocycles. The van der Waals surface area contributed by atoms with Gasteiger partial charge in [0.15, 0.2) is 0 Å². The van der Waals surface area contributed by atoms with Crippen molar-refractivity contribution in [2.75, 3.05) is 31.1 Å². The van der Waals surface area contributed by atoms with Gasteiger partial charge in [-0.1, -0.05) is 6.07 Å². The van der Waals surface area contributed by atoms with Crippen LogP contribution in [0.2, 0.25) is 0 Å². The van der Waals surface area contributed by atoms with Crippen LogP contribution in [0.4, 0.5) is 15.9 Å². The number of pyridine rings is 2. The fourth-order valence-corrected chi connectivity index (χ4v) is 9.77. The van der Waals surface area contributed by atoms with Crippen molar-refractivity contribution in [3.05, 3.63) is 118 Å². The molecule has 0 unspecified atom stereocenters. The van der Waals surface area contributed by atoms with E-state index in [1.807, 2.05) is 43.0 Å². The molecule has 4 aliphatic rings. The number of nitro groups is 1. The number of nitrogens with zero attached hydrogens (tertiary/aromatic N) is 11. The number of anilines is 1. The molecule has 58 heavy (non-hydrogen) atoms. The van der Waals surface area contributed by atoms with Crippen molar-refractivity contribution in [1.29, 1.82) is 5.26 Å². The molecule has 10 rings (SSSR count). The predicted octanol–water partition coefficient (Wildman–Crippen LogP) is 7.36. The van der Waals surface area contributed by atoms with Gasteiger partial charge in [-0.2, -0.15) is 15.5 Å². The number of hydrogen-bond donors (Lipinski definition) is 0. The van der Waals surface area contributed by atoms with E-state index in [-0.39, 0.29) is 23.2 Å². The molecule has 1 aromatic carbocycles. The number of likely N-dealkylation sites (tertiary alicyclic amines) is 1. The molecule has 0 radical (unpaired) electrons. The van der Waals surface area contributed by atoms with E-state index in [0.29, 0.717) is 40.7 Å². The number of rotatable bonds is 7. The summed E-state index contributed by atoms with van der Waals surface area (Å²) in [4.78, 5) is 30.0. The summed E-state index contributed by atoms with van der Waals surface area (Å²) in [6.45, 7) is 4.00. The second-order valence-electron chi connectivity index (χ2n) is 16.1. The normalized spacial score (nSPS) is 21.0. The van der Waals surface area contributed by atoms with Gasteiger partial charge in [0.2, 0.25) is 0 Å². The molecule has 15 heteroatoms. The van der Waals surface area contributed by atoms with Crippen molar-refractivity contribution in [1.82, 2.24) is 39.2 Å². The minimum Gasteiger partial charge on any atom is -0.364 e. The van der Waals surface area contributed by atoms with Crippen molar-refractivity contribution in [3.8, 4) is 28.6 Å². The number of hydrogen-bond acceptors (Lipinski definition) is 11. The van der Waals surface area contributed by atoms with Crippen LogP contribution in [0.3, 0.4) is 0 Å².